The largest absolute Gasteiger partial charge is 0.497 e. The van der Waals surface area contributed by atoms with Crippen molar-refractivity contribution in [2.24, 2.45) is 0 Å². The fourth-order valence-corrected chi connectivity index (χ4v) is 2.75. The predicted molar refractivity (Wildman–Crippen MR) is 96.2 cm³/mol. The number of hydrogen-bond acceptors (Lipinski definition) is 5. The highest BCUT2D eigenvalue weighted by Crippen LogP contribution is 2.21. The minimum absolute atomic E-state index is 0.128. The van der Waals surface area contributed by atoms with E-state index in [-0.39, 0.29) is 12.5 Å². The van der Waals surface area contributed by atoms with Gasteiger partial charge in [-0.3, -0.25) is 4.79 Å². The molecule has 0 saturated carbocycles. The van der Waals surface area contributed by atoms with Crippen molar-refractivity contribution in [3.05, 3.63) is 64.5 Å². The number of rotatable bonds is 5. The van der Waals surface area contributed by atoms with E-state index < -0.39 is 0 Å². The van der Waals surface area contributed by atoms with E-state index in [0.29, 0.717) is 17.3 Å². The molecule has 6 nitrogen and oxygen atoms in total. The van der Waals surface area contributed by atoms with Crippen LogP contribution in [0.25, 0.3) is 11.4 Å². The van der Waals surface area contributed by atoms with E-state index in [4.69, 9.17) is 9.26 Å². The van der Waals surface area contributed by atoms with Crippen molar-refractivity contribution in [2.75, 3.05) is 14.2 Å². The Morgan fingerprint density at radius 3 is 2.60 bits per heavy atom. The lowest BCUT2D eigenvalue weighted by Crippen LogP contribution is -2.26. The molecule has 0 aliphatic heterocycles. The normalized spacial score (nSPS) is 10.5. The highest BCUT2D eigenvalue weighted by Gasteiger charge is 2.18. The van der Waals surface area contributed by atoms with Crippen molar-refractivity contribution in [2.45, 2.75) is 6.54 Å². The second-order valence-electron chi connectivity index (χ2n) is 5.38. The first-order valence-corrected chi connectivity index (χ1v) is 8.35. The third-order valence-electron chi connectivity index (χ3n) is 3.64. The molecule has 0 aliphatic rings. The SMILES string of the molecule is COc1ccc(-c2noc(CN(C)C(=O)c3ccccc3Br)n2)cc1. The van der Waals surface area contributed by atoms with Crippen molar-refractivity contribution < 1.29 is 14.1 Å². The van der Waals surface area contributed by atoms with Crippen LogP contribution in [0.1, 0.15) is 16.2 Å². The van der Waals surface area contributed by atoms with E-state index in [2.05, 4.69) is 26.1 Å². The van der Waals surface area contributed by atoms with Crippen LogP contribution < -0.4 is 4.74 Å². The Balaban J connectivity index is 1.72. The molecule has 3 rings (SSSR count). The number of hydrogen-bond donors (Lipinski definition) is 0. The summed E-state index contributed by atoms with van der Waals surface area (Å²) >= 11 is 3.39. The summed E-state index contributed by atoms with van der Waals surface area (Å²) < 4.78 is 11.1. The molecule has 0 radical (unpaired) electrons. The Morgan fingerprint density at radius 2 is 1.92 bits per heavy atom. The molecule has 0 spiro atoms. The van der Waals surface area contributed by atoms with Crippen LogP contribution in [0.2, 0.25) is 0 Å². The zero-order valence-corrected chi connectivity index (χ0v) is 15.4. The van der Waals surface area contributed by atoms with Gasteiger partial charge in [-0.05, 0) is 52.3 Å². The van der Waals surface area contributed by atoms with Crippen LogP contribution >= 0.6 is 15.9 Å². The monoisotopic (exact) mass is 401 g/mol. The van der Waals surface area contributed by atoms with Crippen molar-refractivity contribution in [3.63, 3.8) is 0 Å². The molecule has 0 atom stereocenters. The number of carbonyl (C=O) groups is 1. The van der Waals surface area contributed by atoms with Gasteiger partial charge in [0.05, 0.1) is 19.2 Å². The maximum absolute atomic E-state index is 12.5. The van der Waals surface area contributed by atoms with Gasteiger partial charge in [0.2, 0.25) is 11.7 Å². The zero-order valence-electron chi connectivity index (χ0n) is 13.8. The van der Waals surface area contributed by atoms with Crippen LogP contribution in [0.3, 0.4) is 0 Å². The van der Waals surface area contributed by atoms with Gasteiger partial charge in [0.25, 0.3) is 5.91 Å². The third-order valence-corrected chi connectivity index (χ3v) is 4.33. The van der Waals surface area contributed by atoms with Gasteiger partial charge in [-0.25, -0.2) is 0 Å². The Bertz CT molecular complexity index is 877. The molecule has 0 saturated heterocycles. The highest BCUT2D eigenvalue weighted by atomic mass is 79.9. The second kappa shape index (κ2) is 7.48. The summed E-state index contributed by atoms with van der Waals surface area (Å²) in [7, 11) is 3.30. The number of carbonyl (C=O) groups excluding carboxylic acids is 1. The first kappa shape index (κ1) is 17.2. The molecule has 0 fully saturated rings. The molecule has 0 aliphatic carbocycles. The molecule has 1 heterocycles. The fourth-order valence-electron chi connectivity index (χ4n) is 2.29. The van der Waals surface area contributed by atoms with Crippen molar-refractivity contribution >= 4 is 21.8 Å². The maximum Gasteiger partial charge on any atom is 0.255 e. The number of halogens is 1. The number of benzene rings is 2. The van der Waals surface area contributed by atoms with E-state index in [1.165, 1.54) is 4.90 Å². The Labute approximate surface area is 153 Å². The molecule has 128 valence electrons. The molecule has 2 aromatic carbocycles. The summed E-state index contributed by atoms with van der Waals surface area (Å²) in [5.74, 6) is 1.47. The molecule has 0 unspecified atom stereocenters. The van der Waals surface area contributed by atoms with Gasteiger partial charge in [0.1, 0.15) is 5.75 Å². The van der Waals surface area contributed by atoms with E-state index in [1.54, 1.807) is 20.2 Å². The fraction of sp³-hybridized carbons (Fsp3) is 0.167. The smallest absolute Gasteiger partial charge is 0.255 e. The first-order valence-electron chi connectivity index (χ1n) is 7.55. The van der Waals surface area contributed by atoms with Crippen LogP contribution in [-0.4, -0.2) is 35.1 Å². The summed E-state index contributed by atoms with van der Waals surface area (Å²) in [6.07, 6.45) is 0. The lowest BCUT2D eigenvalue weighted by molar-refractivity contribution is 0.0768. The number of nitrogens with zero attached hydrogens (tertiary/aromatic N) is 3. The Hall–Kier alpha value is -2.67. The summed E-state index contributed by atoms with van der Waals surface area (Å²) in [4.78, 5) is 18.4. The van der Waals surface area contributed by atoms with Crippen LogP contribution in [0, 0.1) is 0 Å². The summed E-state index contributed by atoms with van der Waals surface area (Å²) in [5.41, 5.74) is 1.40. The Morgan fingerprint density at radius 1 is 1.20 bits per heavy atom. The molecule has 0 N–H and O–H groups in total. The van der Waals surface area contributed by atoms with E-state index in [0.717, 1.165) is 15.8 Å². The first-order chi connectivity index (χ1) is 12.1. The van der Waals surface area contributed by atoms with Gasteiger partial charge >= 0.3 is 0 Å². The van der Waals surface area contributed by atoms with Gasteiger partial charge < -0.3 is 14.2 Å². The van der Waals surface area contributed by atoms with E-state index in [9.17, 15) is 4.79 Å². The molecule has 1 aromatic heterocycles. The maximum atomic E-state index is 12.5. The number of aromatic nitrogens is 2. The van der Waals surface area contributed by atoms with E-state index in [1.807, 2.05) is 42.5 Å². The highest BCUT2D eigenvalue weighted by molar-refractivity contribution is 9.10. The average molecular weight is 402 g/mol. The molecule has 0 bridgehead atoms. The summed E-state index contributed by atoms with van der Waals surface area (Å²) in [6.45, 7) is 0.226. The third kappa shape index (κ3) is 3.88. The molecule has 3 aromatic rings. The Kier molecular flexibility index (Phi) is 5.14. The van der Waals surface area contributed by atoms with E-state index >= 15 is 0 Å². The number of amides is 1. The summed E-state index contributed by atoms with van der Waals surface area (Å²) in [5, 5.41) is 3.97. The van der Waals surface area contributed by atoms with Gasteiger partial charge in [0, 0.05) is 17.1 Å². The molecular formula is C18H16BrN3O3. The number of methoxy groups -OCH3 is 1. The van der Waals surface area contributed by atoms with Gasteiger partial charge in [-0.2, -0.15) is 4.98 Å². The lowest BCUT2D eigenvalue weighted by Gasteiger charge is -2.15. The lowest BCUT2D eigenvalue weighted by atomic mass is 10.2. The number of ether oxygens (including phenoxy) is 1. The molecule has 25 heavy (non-hydrogen) atoms. The zero-order chi connectivity index (χ0) is 17.8. The van der Waals surface area contributed by atoms with Crippen LogP contribution in [0.4, 0.5) is 0 Å². The van der Waals surface area contributed by atoms with Crippen molar-refractivity contribution in [1.29, 1.82) is 0 Å². The van der Waals surface area contributed by atoms with Crippen LogP contribution in [0.5, 0.6) is 5.75 Å². The van der Waals surface area contributed by atoms with Gasteiger partial charge in [-0.15, -0.1) is 0 Å². The van der Waals surface area contributed by atoms with Gasteiger partial charge in [-0.1, -0.05) is 17.3 Å². The standard InChI is InChI=1S/C18H16BrN3O3/c1-22(18(23)14-5-3-4-6-15(14)19)11-16-20-17(21-25-16)12-7-9-13(24-2)10-8-12/h3-10H,11H2,1-2H3. The second-order valence-corrected chi connectivity index (χ2v) is 6.24. The van der Waals surface area contributed by atoms with Crippen LogP contribution in [0.15, 0.2) is 57.5 Å². The minimum atomic E-state index is -0.128. The predicted octanol–water partition coefficient (Wildman–Crippen LogP) is 3.78. The van der Waals surface area contributed by atoms with Crippen molar-refractivity contribution in [1.82, 2.24) is 15.0 Å². The van der Waals surface area contributed by atoms with Crippen molar-refractivity contribution in [3.8, 4) is 17.1 Å². The topological polar surface area (TPSA) is 68.5 Å². The molecular weight excluding hydrogens is 386 g/mol. The average Bonchev–Trinajstić information content (AvgIpc) is 3.10. The quantitative estimate of drug-likeness (QED) is 0.650. The molecule has 1 amide bonds. The van der Waals surface area contributed by atoms with Crippen LogP contribution in [-0.2, 0) is 6.54 Å². The summed E-state index contributed by atoms with van der Waals surface area (Å²) in [6, 6.07) is 14.6. The molecule has 7 heteroatoms. The van der Waals surface area contributed by atoms with Gasteiger partial charge in [0.15, 0.2) is 0 Å². The minimum Gasteiger partial charge on any atom is -0.497 e.